The number of amidine groups is 1. The second kappa shape index (κ2) is 13.3. The minimum absolute atomic E-state index is 0.215. The van der Waals surface area contributed by atoms with Gasteiger partial charge in [0.1, 0.15) is 0 Å². The van der Waals surface area contributed by atoms with Crippen LogP contribution in [0.1, 0.15) is 64.7 Å². The van der Waals surface area contributed by atoms with E-state index >= 15 is 0 Å². The topological polar surface area (TPSA) is 51.1 Å². The number of rotatable bonds is 14. The van der Waals surface area contributed by atoms with Gasteiger partial charge in [0.05, 0.1) is 39.1 Å². The molecular formula is C18H34N2O3. The molecule has 1 aliphatic heterocycles. The number of hydrogen-bond donors (Lipinski definition) is 0. The van der Waals surface area contributed by atoms with E-state index in [2.05, 4.69) is 21.6 Å². The van der Waals surface area contributed by atoms with E-state index in [4.69, 9.17) is 4.74 Å². The first-order chi connectivity index (χ1) is 11.3. The van der Waals surface area contributed by atoms with Gasteiger partial charge in [-0.1, -0.05) is 45.4 Å². The minimum Gasteiger partial charge on any atom is -0.469 e. The summed E-state index contributed by atoms with van der Waals surface area (Å²) < 4.78 is 10.1. The maximum absolute atomic E-state index is 11.0. The zero-order valence-corrected chi connectivity index (χ0v) is 15.0. The first-order valence-electron chi connectivity index (χ1n) is 9.20. The highest BCUT2D eigenvalue weighted by Gasteiger charge is 2.15. The van der Waals surface area contributed by atoms with Crippen molar-refractivity contribution < 1.29 is 14.3 Å². The van der Waals surface area contributed by atoms with Crippen LogP contribution in [-0.2, 0) is 14.3 Å². The number of esters is 1. The molecule has 1 rings (SSSR count). The molecule has 0 saturated carbocycles. The van der Waals surface area contributed by atoms with Crippen LogP contribution in [0.4, 0.5) is 0 Å². The van der Waals surface area contributed by atoms with E-state index in [0.717, 1.165) is 26.1 Å². The number of ether oxygens (including phenoxy) is 2. The molecule has 0 aromatic carbocycles. The fourth-order valence-electron chi connectivity index (χ4n) is 2.78. The Morgan fingerprint density at radius 1 is 1.13 bits per heavy atom. The molecule has 134 valence electrons. The first-order valence-corrected chi connectivity index (χ1v) is 9.20. The Balaban J connectivity index is 2.01. The van der Waals surface area contributed by atoms with Crippen molar-refractivity contribution in [3.8, 4) is 0 Å². The van der Waals surface area contributed by atoms with Gasteiger partial charge in [0.2, 0.25) is 0 Å². The molecule has 23 heavy (non-hydrogen) atoms. The van der Waals surface area contributed by atoms with Gasteiger partial charge in [-0.2, -0.15) is 0 Å². The van der Waals surface area contributed by atoms with Crippen LogP contribution in [0.5, 0.6) is 0 Å². The normalized spacial score (nSPS) is 14.2. The van der Waals surface area contributed by atoms with E-state index in [9.17, 15) is 4.79 Å². The van der Waals surface area contributed by atoms with E-state index in [1.54, 1.807) is 0 Å². The Morgan fingerprint density at radius 3 is 2.61 bits per heavy atom. The summed E-state index contributed by atoms with van der Waals surface area (Å²) in [7, 11) is 1.40. The Morgan fingerprint density at radius 2 is 1.87 bits per heavy atom. The Labute approximate surface area is 141 Å². The number of carbonyl (C=O) groups excluding carboxylic acids is 1. The van der Waals surface area contributed by atoms with Crippen LogP contribution in [0.2, 0.25) is 0 Å². The summed E-state index contributed by atoms with van der Waals surface area (Å²) in [6.07, 6.45) is 10.8. The second-order valence-electron chi connectivity index (χ2n) is 6.09. The number of unbranched alkanes of at least 4 members (excludes halogenated alkanes) is 6. The third-order valence-electron chi connectivity index (χ3n) is 4.22. The summed E-state index contributed by atoms with van der Waals surface area (Å²) in [6, 6.07) is 0. The van der Waals surface area contributed by atoms with Gasteiger partial charge in [0.25, 0.3) is 0 Å². The summed E-state index contributed by atoms with van der Waals surface area (Å²) in [5.74, 6) is 1.03. The van der Waals surface area contributed by atoms with E-state index in [1.165, 1.54) is 57.9 Å². The first kappa shape index (κ1) is 19.9. The summed E-state index contributed by atoms with van der Waals surface area (Å²) in [6.45, 7) is 6.13. The lowest BCUT2D eigenvalue weighted by Gasteiger charge is -2.20. The van der Waals surface area contributed by atoms with Gasteiger partial charge in [-0.15, -0.1) is 0 Å². The standard InChI is InChI=1S/C18H34N2O3/c1-3-4-5-6-7-8-9-10-17-19-12-13-20(17)14-16-23-15-11-18(21)22-2/h3-16H2,1-2H3. The maximum Gasteiger partial charge on any atom is 0.307 e. The third kappa shape index (κ3) is 9.59. The van der Waals surface area contributed by atoms with Crippen LogP contribution in [0.3, 0.4) is 0 Å². The lowest BCUT2D eigenvalue weighted by Crippen LogP contribution is -2.31. The number of hydrogen-bond acceptors (Lipinski definition) is 5. The zero-order chi connectivity index (χ0) is 16.8. The van der Waals surface area contributed by atoms with E-state index in [0.29, 0.717) is 19.6 Å². The number of aliphatic imine (C=N–C) groups is 1. The highest BCUT2D eigenvalue weighted by Crippen LogP contribution is 2.12. The summed E-state index contributed by atoms with van der Waals surface area (Å²) in [5.41, 5.74) is 0. The molecule has 0 aliphatic carbocycles. The van der Waals surface area contributed by atoms with Crippen molar-refractivity contribution in [3.63, 3.8) is 0 Å². The molecule has 0 amide bonds. The number of carbonyl (C=O) groups is 1. The Kier molecular flexibility index (Phi) is 11.6. The maximum atomic E-state index is 11.0. The lowest BCUT2D eigenvalue weighted by molar-refractivity contribution is -0.141. The zero-order valence-electron chi connectivity index (χ0n) is 15.0. The van der Waals surface area contributed by atoms with Gasteiger partial charge >= 0.3 is 5.97 Å². The smallest absolute Gasteiger partial charge is 0.307 e. The molecule has 1 aliphatic rings. The molecule has 5 heteroatoms. The van der Waals surface area contributed by atoms with E-state index in [-0.39, 0.29) is 5.97 Å². The fraction of sp³-hybridized carbons (Fsp3) is 0.889. The van der Waals surface area contributed by atoms with Crippen LogP contribution < -0.4 is 0 Å². The van der Waals surface area contributed by atoms with Crippen molar-refractivity contribution in [2.45, 2.75) is 64.7 Å². The number of nitrogens with zero attached hydrogens (tertiary/aromatic N) is 2. The van der Waals surface area contributed by atoms with Crippen molar-refractivity contribution in [1.29, 1.82) is 0 Å². The van der Waals surface area contributed by atoms with E-state index in [1.807, 2.05) is 0 Å². The van der Waals surface area contributed by atoms with Crippen molar-refractivity contribution in [2.75, 3.05) is 40.0 Å². The molecule has 0 spiro atoms. The SMILES string of the molecule is CCCCCCCCCC1=NCCN1CCOCCC(=O)OC. The molecule has 5 nitrogen and oxygen atoms in total. The summed E-state index contributed by atoms with van der Waals surface area (Å²) in [5, 5.41) is 0. The van der Waals surface area contributed by atoms with Gasteiger partial charge in [0.15, 0.2) is 0 Å². The van der Waals surface area contributed by atoms with Gasteiger partial charge in [-0.05, 0) is 6.42 Å². The van der Waals surface area contributed by atoms with Crippen LogP contribution in [-0.4, -0.2) is 56.7 Å². The molecule has 0 atom stereocenters. The van der Waals surface area contributed by atoms with Gasteiger partial charge < -0.3 is 14.4 Å². The van der Waals surface area contributed by atoms with Crippen LogP contribution in [0, 0.1) is 0 Å². The van der Waals surface area contributed by atoms with Crippen LogP contribution in [0.15, 0.2) is 4.99 Å². The third-order valence-corrected chi connectivity index (χ3v) is 4.22. The number of methoxy groups -OCH3 is 1. The van der Waals surface area contributed by atoms with Gasteiger partial charge in [0, 0.05) is 19.5 Å². The molecule has 0 saturated heterocycles. The molecule has 0 N–H and O–H groups in total. The molecule has 0 bridgehead atoms. The van der Waals surface area contributed by atoms with Crippen LogP contribution in [0.25, 0.3) is 0 Å². The molecule has 0 fully saturated rings. The Bertz CT molecular complexity index is 345. The summed E-state index contributed by atoms with van der Waals surface area (Å²) in [4.78, 5) is 17.9. The highest BCUT2D eigenvalue weighted by atomic mass is 16.5. The molecule has 0 radical (unpaired) electrons. The largest absolute Gasteiger partial charge is 0.469 e. The molecular weight excluding hydrogens is 292 g/mol. The monoisotopic (exact) mass is 326 g/mol. The second-order valence-corrected chi connectivity index (χ2v) is 6.09. The van der Waals surface area contributed by atoms with Gasteiger partial charge in [-0.25, -0.2) is 0 Å². The summed E-state index contributed by atoms with van der Waals surface area (Å²) >= 11 is 0. The molecule has 0 aromatic heterocycles. The minimum atomic E-state index is -0.215. The Hall–Kier alpha value is -1.10. The quantitative estimate of drug-likeness (QED) is 0.362. The highest BCUT2D eigenvalue weighted by molar-refractivity contribution is 5.83. The van der Waals surface area contributed by atoms with E-state index < -0.39 is 0 Å². The average Bonchev–Trinajstić information content (AvgIpc) is 3.01. The van der Waals surface area contributed by atoms with Gasteiger partial charge in [-0.3, -0.25) is 9.79 Å². The van der Waals surface area contributed by atoms with Crippen molar-refractivity contribution >= 4 is 11.8 Å². The van der Waals surface area contributed by atoms with Crippen molar-refractivity contribution in [1.82, 2.24) is 4.90 Å². The van der Waals surface area contributed by atoms with Crippen molar-refractivity contribution in [2.24, 2.45) is 4.99 Å². The molecule has 1 heterocycles. The molecule has 0 aromatic rings. The average molecular weight is 326 g/mol. The van der Waals surface area contributed by atoms with Crippen molar-refractivity contribution in [3.05, 3.63) is 0 Å². The van der Waals surface area contributed by atoms with Crippen LogP contribution >= 0.6 is 0 Å². The fourth-order valence-corrected chi connectivity index (χ4v) is 2.78. The predicted octanol–water partition coefficient (Wildman–Crippen LogP) is 3.42. The lowest BCUT2D eigenvalue weighted by atomic mass is 10.1. The predicted molar refractivity (Wildman–Crippen MR) is 93.9 cm³/mol. The molecule has 0 unspecified atom stereocenters.